The van der Waals surface area contributed by atoms with Crippen molar-refractivity contribution < 1.29 is 0 Å². The van der Waals surface area contributed by atoms with Gasteiger partial charge in [0.1, 0.15) is 0 Å². The van der Waals surface area contributed by atoms with E-state index in [0.29, 0.717) is 16.6 Å². The molecule has 0 amide bonds. The maximum atomic E-state index is 6.02. The third kappa shape index (κ3) is 4.43. The van der Waals surface area contributed by atoms with E-state index in [4.69, 9.17) is 34.8 Å². The normalized spacial score (nSPS) is 10.9. The van der Waals surface area contributed by atoms with Gasteiger partial charge in [0.2, 0.25) is 0 Å². The second kappa shape index (κ2) is 6.80. The van der Waals surface area contributed by atoms with Crippen LogP contribution in [0.4, 0.5) is 0 Å². The van der Waals surface area contributed by atoms with E-state index in [0.717, 1.165) is 16.1 Å². The van der Waals surface area contributed by atoms with E-state index in [1.54, 1.807) is 18.3 Å². The minimum Gasteiger partial charge on any atom is -0.306 e. The summed E-state index contributed by atoms with van der Waals surface area (Å²) in [6, 6.07) is 12.9. The molecule has 0 fully saturated rings. The van der Waals surface area contributed by atoms with E-state index in [-0.39, 0.29) is 0 Å². The Bertz CT molecular complexity index is 580. The Labute approximate surface area is 127 Å². The van der Waals surface area contributed by atoms with E-state index in [2.05, 4.69) is 10.5 Å². The second-order valence-electron chi connectivity index (χ2n) is 3.89. The average molecular weight is 314 g/mol. The molecular weight excluding hydrogens is 303 g/mol. The zero-order chi connectivity index (χ0) is 13.7. The van der Waals surface area contributed by atoms with Crippen molar-refractivity contribution in [2.45, 2.75) is 6.54 Å². The largest absolute Gasteiger partial charge is 0.306 e. The number of nitrogens with one attached hydrogen (secondary N) is 1. The van der Waals surface area contributed by atoms with Crippen LogP contribution in [-0.4, -0.2) is 6.21 Å². The quantitative estimate of drug-likeness (QED) is 0.638. The van der Waals surface area contributed by atoms with Crippen molar-refractivity contribution in [1.82, 2.24) is 5.43 Å². The first-order chi connectivity index (χ1) is 9.15. The maximum Gasteiger partial charge on any atom is 0.0580 e. The Kier molecular flexibility index (Phi) is 5.08. The first-order valence-corrected chi connectivity index (χ1v) is 6.74. The van der Waals surface area contributed by atoms with Gasteiger partial charge in [-0.15, -0.1) is 0 Å². The van der Waals surface area contributed by atoms with Crippen LogP contribution >= 0.6 is 34.8 Å². The maximum absolute atomic E-state index is 6.02. The molecule has 0 unspecified atom stereocenters. The molecule has 2 nitrogen and oxygen atoms in total. The lowest BCUT2D eigenvalue weighted by Gasteiger charge is -2.02. The molecule has 0 spiro atoms. The summed E-state index contributed by atoms with van der Waals surface area (Å²) in [5, 5.41) is 6.02. The van der Waals surface area contributed by atoms with Crippen LogP contribution in [0.15, 0.2) is 47.6 Å². The number of nitrogens with zero attached hydrogens (tertiary/aromatic N) is 1. The van der Waals surface area contributed by atoms with Crippen LogP contribution in [0, 0.1) is 0 Å². The lowest BCUT2D eigenvalue weighted by atomic mass is 10.2. The first-order valence-electron chi connectivity index (χ1n) is 5.60. The van der Waals surface area contributed by atoms with Crippen molar-refractivity contribution in [2.75, 3.05) is 0 Å². The SMILES string of the molecule is Clc1ccc(CN/N=C\c2ccc(Cl)cc2Cl)cc1. The molecule has 2 rings (SSSR count). The smallest absolute Gasteiger partial charge is 0.0580 e. The fourth-order valence-corrected chi connectivity index (χ4v) is 2.04. The Morgan fingerprint density at radius 1 is 0.947 bits per heavy atom. The van der Waals surface area contributed by atoms with Crippen LogP contribution in [-0.2, 0) is 6.54 Å². The van der Waals surface area contributed by atoms with Gasteiger partial charge in [-0.3, -0.25) is 0 Å². The fourth-order valence-electron chi connectivity index (χ4n) is 1.46. The van der Waals surface area contributed by atoms with E-state index < -0.39 is 0 Å². The lowest BCUT2D eigenvalue weighted by molar-refractivity contribution is 0.748. The zero-order valence-corrected chi connectivity index (χ0v) is 12.2. The molecule has 0 heterocycles. The first kappa shape index (κ1) is 14.2. The summed E-state index contributed by atoms with van der Waals surface area (Å²) in [7, 11) is 0. The summed E-state index contributed by atoms with van der Waals surface area (Å²) < 4.78 is 0. The number of hydrazone groups is 1. The highest BCUT2D eigenvalue weighted by Gasteiger charge is 1.97. The predicted molar refractivity (Wildman–Crippen MR) is 82.3 cm³/mol. The zero-order valence-electron chi connectivity index (χ0n) is 9.91. The van der Waals surface area contributed by atoms with Crippen molar-refractivity contribution >= 4 is 41.0 Å². The third-order valence-corrected chi connectivity index (χ3v) is 3.27. The molecule has 0 aliphatic rings. The molecule has 2 aromatic carbocycles. The van der Waals surface area contributed by atoms with Gasteiger partial charge in [0.05, 0.1) is 17.8 Å². The van der Waals surface area contributed by atoms with Crippen LogP contribution in [0.5, 0.6) is 0 Å². The van der Waals surface area contributed by atoms with Gasteiger partial charge in [0, 0.05) is 15.6 Å². The van der Waals surface area contributed by atoms with Gasteiger partial charge >= 0.3 is 0 Å². The molecule has 0 atom stereocenters. The molecule has 19 heavy (non-hydrogen) atoms. The second-order valence-corrected chi connectivity index (χ2v) is 5.17. The van der Waals surface area contributed by atoms with Crippen molar-refractivity contribution in [3.8, 4) is 0 Å². The molecule has 0 saturated carbocycles. The number of rotatable bonds is 4. The van der Waals surface area contributed by atoms with Gasteiger partial charge < -0.3 is 5.43 Å². The molecule has 98 valence electrons. The van der Waals surface area contributed by atoms with Crippen LogP contribution < -0.4 is 5.43 Å². The lowest BCUT2D eigenvalue weighted by Crippen LogP contribution is -2.05. The number of hydrogen-bond donors (Lipinski definition) is 1. The van der Waals surface area contributed by atoms with E-state index in [1.165, 1.54) is 0 Å². The summed E-state index contributed by atoms with van der Waals surface area (Å²) >= 11 is 17.6. The molecule has 5 heteroatoms. The molecule has 0 aliphatic carbocycles. The van der Waals surface area contributed by atoms with Crippen LogP contribution in [0.25, 0.3) is 0 Å². The fraction of sp³-hybridized carbons (Fsp3) is 0.0714. The standard InChI is InChI=1S/C14H11Cl3N2/c15-12-4-1-10(2-5-12)8-18-19-9-11-3-6-13(16)7-14(11)17/h1-7,9,18H,8H2/b19-9-. The average Bonchev–Trinajstić information content (AvgIpc) is 2.39. The highest BCUT2D eigenvalue weighted by molar-refractivity contribution is 6.36. The van der Waals surface area contributed by atoms with Gasteiger partial charge in [0.15, 0.2) is 0 Å². The van der Waals surface area contributed by atoms with Crippen molar-refractivity contribution in [3.05, 3.63) is 68.7 Å². The molecule has 0 aliphatic heterocycles. The number of hydrogen-bond acceptors (Lipinski definition) is 2. The van der Waals surface area contributed by atoms with Gasteiger partial charge in [0.25, 0.3) is 0 Å². The molecule has 0 aromatic heterocycles. The predicted octanol–water partition coefficient (Wildman–Crippen LogP) is 4.77. The molecule has 0 saturated heterocycles. The van der Waals surface area contributed by atoms with E-state index in [1.807, 2.05) is 30.3 Å². The highest BCUT2D eigenvalue weighted by Crippen LogP contribution is 2.19. The van der Waals surface area contributed by atoms with Gasteiger partial charge in [-0.2, -0.15) is 5.10 Å². The van der Waals surface area contributed by atoms with Crippen LogP contribution in [0.1, 0.15) is 11.1 Å². The van der Waals surface area contributed by atoms with Crippen molar-refractivity contribution in [1.29, 1.82) is 0 Å². The summed E-state index contributed by atoms with van der Waals surface area (Å²) in [5.74, 6) is 0. The van der Waals surface area contributed by atoms with E-state index in [9.17, 15) is 0 Å². The Balaban J connectivity index is 1.91. The highest BCUT2D eigenvalue weighted by atomic mass is 35.5. The number of benzene rings is 2. The van der Waals surface area contributed by atoms with Crippen LogP contribution in [0.3, 0.4) is 0 Å². The molecule has 0 radical (unpaired) electrons. The molecule has 2 aromatic rings. The van der Waals surface area contributed by atoms with Crippen LogP contribution in [0.2, 0.25) is 15.1 Å². The summed E-state index contributed by atoms with van der Waals surface area (Å²) in [4.78, 5) is 0. The monoisotopic (exact) mass is 312 g/mol. The van der Waals surface area contributed by atoms with Gasteiger partial charge in [-0.1, -0.05) is 53.0 Å². The Morgan fingerprint density at radius 2 is 1.63 bits per heavy atom. The van der Waals surface area contributed by atoms with Crippen molar-refractivity contribution in [2.24, 2.45) is 5.10 Å². The number of halogens is 3. The Hall–Kier alpha value is -1.22. The molecule has 1 N–H and O–H groups in total. The van der Waals surface area contributed by atoms with Crippen molar-refractivity contribution in [3.63, 3.8) is 0 Å². The van der Waals surface area contributed by atoms with Gasteiger partial charge in [-0.05, 0) is 29.8 Å². The summed E-state index contributed by atoms with van der Waals surface area (Å²) in [5.41, 5.74) is 4.86. The molecular formula is C14H11Cl3N2. The minimum absolute atomic E-state index is 0.574. The summed E-state index contributed by atoms with van der Waals surface area (Å²) in [6.45, 7) is 0.624. The topological polar surface area (TPSA) is 24.4 Å². The summed E-state index contributed by atoms with van der Waals surface area (Å²) in [6.07, 6.45) is 1.66. The van der Waals surface area contributed by atoms with Gasteiger partial charge in [-0.25, -0.2) is 0 Å². The molecule has 0 bridgehead atoms. The van der Waals surface area contributed by atoms with E-state index >= 15 is 0 Å². The Morgan fingerprint density at radius 3 is 2.32 bits per heavy atom. The minimum atomic E-state index is 0.574. The third-order valence-electron chi connectivity index (χ3n) is 2.45.